The zero-order valence-electron chi connectivity index (χ0n) is 6.79. The Kier molecular flexibility index (Phi) is 4.69. The van der Waals surface area contributed by atoms with Crippen LogP contribution in [-0.4, -0.2) is 31.2 Å². The number of nitriles is 1. The van der Waals surface area contributed by atoms with Crippen molar-refractivity contribution in [1.29, 1.82) is 5.26 Å². The third-order valence-corrected chi connectivity index (χ3v) is 1.29. The van der Waals surface area contributed by atoms with Gasteiger partial charge in [-0.15, -0.1) is 0 Å². The molecule has 3 nitrogen and oxygen atoms in total. The highest BCUT2D eigenvalue weighted by Crippen LogP contribution is 1.93. The number of rotatable bonds is 4. The van der Waals surface area contributed by atoms with Crippen molar-refractivity contribution < 1.29 is 4.74 Å². The van der Waals surface area contributed by atoms with Crippen LogP contribution in [0.4, 0.5) is 0 Å². The summed E-state index contributed by atoms with van der Waals surface area (Å²) in [5.41, 5.74) is 0. The molecule has 0 aliphatic rings. The van der Waals surface area contributed by atoms with Gasteiger partial charge in [-0.3, -0.25) is 0 Å². The van der Waals surface area contributed by atoms with Crippen LogP contribution in [0.2, 0.25) is 0 Å². The molecule has 0 spiro atoms. The lowest BCUT2D eigenvalue weighted by Gasteiger charge is -2.18. The monoisotopic (exact) mass is 142 g/mol. The van der Waals surface area contributed by atoms with Gasteiger partial charge in [-0.2, -0.15) is 5.26 Å². The summed E-state index contributed by atoms with van der Waals surface area (Å²) in [5, 5.41) is 8.54. The molecule has 0 fully saturated rings. The molecule has 0 aromatic carbocycles. The molecule has 3 heteroatoms. The normalized spacial score (nSPS) is 9.50. The standard InChI is InChI=1S/C7H14N2O/c1-7(2)9(6-8)4-5-10-3/h7H,4-5H2,1-3H3. The molecule has 0 aliphatic carbocycles. The molecule has 0 rings (SSSR count). The van der Waals surface area contributed by atoms with Crippen LogP contribution in [0, 0.1) is 11.5 Å². The summed E-state index contributed by atoms with van der Waals surface area (Å²) in [6.07, 6.45) is 2.09. The first-order valence-corrected chi connectivity index (χ1v) is 3.37. The summed E-state index contributed by atoms with van der Waals surface area (Å²) < 4.78 is 4.83. The van der Waals surface area contributed by atoms with Crippen LogP contribution >= 0.6 is 0 Å². The molecule has 0 aromatic rings. The third kappa shape index (κ3) is 3.31. The number of methoxy groups -OCH3 is 1. The van der Waals surface area contributed by atoms with Gasteiger partial charge in [-0.1, -0.05) is 0 Å². The Bertz CT molecular complexity index is 117. The second-order valence-corrected chi connectivity index (χ2v) is 2.38. The Morgan fingerprint density at radius 2 is 2.20 bits per heavy atom. The zero-order chi connectivity index (χ0) is 7.98. The van der Waals surface area contributed by atoms with Crippen LogP contribution < -0.4 is 0 Å². The molecule has 0 amide bonds. The number of nitrogens with zero attached hydrogens (tertiary/aromatic N) is 2. The van der Waals surface area contributed by atoms with Crippen molar-refractivity contribution in [2.24, 2.45) is 0 Å². The topological polar surface area (TPSA) is 36.3 Å². The fraction of sp³-hybridized carbons (Fsp3) is 0.857. The van der Waals surface area contributed by atoms with Gasteiger partial charge in [0.2, 0.25) is 0 Å². The van der Waals surface area contributed by atoms with Gasteiger partial charge >= 0.3 is 0 Å². The Morgan fingerprint density at radius 3 is 2.50 bits per heavy atom. The minimum Gasteiger partial charge on any atom is -0.383 e. The van der Waals surface area contributed by atoms with E-state index in [1.807, 2.05) is 13.8 Å². The maximum atomic E-state index is 8.54. The lowest BCUT2D eigenvalue weighted by atomic mass is 10.3. The Labute approximate surface area is 62.2 Å². The Balaban J connectivity index is 3.53. The summed E-state index contributed by atoms with van der Waals surface area (Å²) >= 11 is 0. The Hall–Kier alpha value is -0.750. The van der Waals surface area contributed by atoms with Crippen LogP contribution in [0.15, 0.2) is 0 Å². The molecule has 58 valence electrons. The molecule has 0 N–H and O–H groups in total. The number of ether oxygens (including phenoxy) is 1. The molecule has 0 atom stereocenters. The molecule has 0 bridgehead atoms. The fourth-order valence-electron chi connectivity index (χ4n) is 0.613. The number of hydrogen-bond acceptors (Lipinski definition) is 3. The van der Waals surface area contributed by atoms with E-state index >= 15 is 0 Å². The molecule has 0 saturated heterocycles. The van der Waals surface area contributed by atoms with Crippen molar-refractivity contribution in [3.05, 3.63) is 0 Å². The van der Waals surface area contributed by atoms with E-state index in [1.54, 1.807) is 12.0 Å². The first-order chi connectivity index (χ1) is 4.72. The van der Waals surface area contributed by atoms with Crippen LogP contribution in [-0.2, 0) is 4.74 Å². The molecule has 0 aliphatic heterocycles. The molecule has 0 unspecified atom stereocenters. The predicted molar refractivity (Wildman–Crippen MR) is 39.3 cm³/mol. The third-order valence-electron chi connectivity index (χ3n) is 1.29. The van der Waals surface area contributed by atoms with Gasteiger partial charge in [-0.05, 0) is 13.8 Å². The van der Waals surface area contributed by atoms with E-state index in [2.05, 4.69) is 6.19 Å². The summed E-state index contributed by atoms with van der Waals surface area (Å²) in [5.74, 6) is 0. The average molecular weight is 142 g/mol. The van der Waals surface area contributed by atoms with Gasteiger partial charge in [0, 0.05) is 13.2 Å². The van der Waals surface area contributed by atoms with Crippen molar-refractivity contribution in [2.75, 3.05) is 20.3 Å². The molecule has 0 heterocycles. The molecular formula is C7H14N2O. The SMILES string of the molecule is COCCN(C#N)C(C)C. The van der Waals surface area contributed by atoms with E-state index in [0.717, 1.165) is 0 Å². The summed E-state index contributed by atoms with van der Waals surface area (Å²) in [6, 6.07) is 0.278. The van der Waals surface area contributed by atoms with E-state index in [9.17, 15) is 0 Å². The van der Waals surface area contributed by atoms with E-state index in [1.165, 1.54) is 0 Å². The van der Waals surface area contributed by atoms with Gasteiger partial charge in [0.25, 0.3) is 0 Å². The molecule has 0 saturated carbocycles. The Morgan fingerprint density at radius 1 is 1.60 bits per heavy atom. The van der Waals surface area contributed by atoms with Crippen molar-refractivity contribution in [2.45, 2.75) is 19.9 Å². The molecule has 10 heavy (non-hydrogen) atoms. The van der Waals surface area contributed by atoms with Gasteiger partial charge in [0.15, 0.2) is 6.19 Å². The highest BCUT2D eigenvalue weighted by Gasteiger charge is 2.03. The van der Waals surface area contributed by atoms with Crippen molar-refractivity contribution >= 4 is 0 Å². The zero-order valence-corrected chi connectivity index (χ0v) is 6.79. The van der Waals surface area contributed by atoms with Crippen LogP contribution in [0.3, 0.4) is 0 Å². The second kappa shape index (κ2) is 5.07. The average Bonchev–Trinajstić information content (AvgIpc) is 1.89. The van der Waals surface area contributed by atoms with Crippen LogP contribution in [0.1, 0.15) is 13.8 Å². The first-order valence-electron chi connectivity index (χ1n) is 3.37. The van der Waals surface area contributed by atoms with Crippen molar-refractivity contribution in [1.82, 2.24) is 4.90 Å². The lowest BCUT2D eigenvalue weighted by molar-refractivity contribution is 0.161. The van der Waals surface area contributed by atoms with E-state index < -0.39 is 0 Å². The number of hydrogen-bond donors (Lipinski definition) is 0. The molecule has 0 radical (unpaired) electrons. The summed E-state index contributed by atoms with van der Waals surface area (Å²) in [7, 11) is 1.63. The highest BCUT2D eigenvalue weighted by atomic mass is 16.5. The minimum atomic E-state index is 0.278. The van der Waals surface area contributed by atoms with Gasteiger partial charge in [0.05, 0.1) is 13.2 Å². The minimum absolute atomic E-state index is 0.278. The quantitative estimate of drug-likeness (QED) is 0.431. The summed E-state index contributed by atoms with van der Waals surface area (Å²) in [4.78, 5) is 1.68. The maximum Gasteiger partial charge on any atom is 0.179 e. The van der Waals surface area contributed by atoms with Crippen molar-refractivity contribution in [3.63, 3.8) is 0 Å². The van der Waals surface area contributed by atoms with Crippen molar-refractivity contribution in [3.8, 4) is 6.19 Å². The maximum absolute atomic E-state index is 8.54. The lowest BCUT2D eigenvalue weighted by Crippen LogP contribution is -2.28. The van der Waals surface area contributed by atoms with Crippen LogP contribution in [0.25, 0.3) is 0 Å². The predicted octanol–water partition coefficient (Wildman–Crippen LogP) is 0.824. The van der Waals surface area contributed by atoms with E-state index in [4.69, 9.17) is 10.00 Å². The molecular weight excluding hydrogens is 128 g/mol. The highest BCUT2D eigenvalue weighted by molar-refractivity contribution is 4.76. The largest absolute Gasteiger partial charge is 0.383 e. The van der Waals surface area contributed by atoms with E-state index in [-0.39, 0.29) is 6.04 Å². The van der Waals surface area contributed by atoms with Gasteiger partial charge < -0.3 is 9.64 Å². The van der Waals surface area contributed by atoms with E-state index in [0.29, 0.717) is 13.2 Å². The van der Waals surface area contributed by atoms with Gasteiger partial charge in [-0.25, -0.2) is 0 Å². The van der Waals surface area contributed by atoms with Gasteiger partial charge in [0.1, 0.15) is 0 Å². The van der Waals surface area contributed by atoms with Crippen LogP contribution in [0.5, 0.6) is 0 Å². The molecule has 0 aromatic heterocycles. The fourth-order valence-corrected chi connectivity index (χ4v) is 0.613. The second-order valence-electron chi connectivity index (χ2n) is 2.38. The summed E-state index contributed by atoms with van der Waals surface area (Å²) in [6.45, 7) is 5.27. The first kappa shape index (κ1) is 9.25. The smallest absolute Gasteiger partial charge is 0.179 e.